The van der Waals surface area contributed by atoms with E-state index in [-0.39, 0.29) is 19.1 Å². The summed E-state index contributed by atoms with van der Waals surface area (Å²) >= 11 is 0. The Balaban J connectivity index is 0. The lowest BCUT2D eigenvalue weighted by molar-refractivity contribution is -0.684. The minimum atomic E-state index is 0. The van der Waals surface area contributed by atoms with Crippen LogP contribution in [0.1, 0.15) is 143 Å². The number of nitrogens with two attached hydrogens (primary N) is 1. The third-order valence-electron chi connectivity index (χ3n) is 6.99. The van der Waals surface area contributed by atoms with Crippen LogP contribution in [0.15, 0.2) is 0 Å². The van der Waals surface area contributed by atoms with Crippen molar-refractivity contribution in [3.8, 4) is 0 Å². The van der Waals surface area contributed by atoms with E-state index >= 15 is 0 Å². The van der Waals surface area contributed by atoms with Crippen LogP contribution in [-0.4, -0.2) is 18.4 Å². The fourth-order valence-electron chi connectivity index (χ4n) is 4.46. The number of quaternary nitrogens is 1. The Hall–Kier alpha value is 0.210. The van der Waals surface area contributed by atoms with Gasteiger partial charge in [0.25, 0.3) is 0 Å². The van der Waals surface area contributed by atoms with Gasteiger partial charge in [0.2, 0.25) is 0 Å². The molecule has 0 saturated carbocycles. The molecule has 0 aromatic heterocycles. The SMILES string of the molecule is CCC(CC)(CC)CCCCCCCCCCCCCCCCC[NH2+]CO.[Cl-]. The van der Waals surface area contributed by atoms with Crippen molar-refractivity contribution in [2.24, 2.45) is 5.41 Å². The monoisotopic (exact) mass is 419 g/mol. The van der Waals surface area contributed by atoms with Crippen molar-refractivity contribution in [2.45, 2.75) is 143 Å². The number of halogens is 1. The van der Waals surface area contributed by atoms with Crippen LogP contribution in [0.5, 0.6) is 0 Å². The summed E-state index contributed by atoms with van der Waals surface area (Å²) in [6.45, 7) is 8.48. The largest absolute Gasteiger partial charge is 1.00 e. The summed E-state index contributed by atoms with van der Waals surface area (Å²) in [4.78, 5) is 0. The van der Waals surface area contributed by atoms with Gasteiger partial charge in [0.15, 0.2) is 6.73 Å². The average molecular weight is 420 g/mol. The molecule has 0 bridgehead atoms. The fraction of sp³-hybridized carbons (Fsp3) is 1.00. The minimum absolute atomic E-state index is 0. The van der Waals surface area contributed by atoms with Crippen LogP contribution in [0.2, 0.25) is 0 Å². The smallest absolute Gasteiger partial charge is 0.177 e. The van der Waals surface area contributed by atoms with E-state index in [1.54, 1.807) is 0 Å². The van der Waals surface area contributed by atoms with Crippen LogP contribution in [0, 0.1) is 5.41 Å². The molecule has 28 heavy (non-hydrogen) atoms. The summed E-state index contributed by atoms with van der Waals surface area (Å²) < 4.78 is 0. The van der Waals surface area contributed by atoms with E-state index in [4.69, 9.17) is 5.11 Å². The van der Waals surface area contributed by atoms with E-state index in [0.717, 1.165) is 6.54 Å². The zero-order chi connectivity index (χ0) is 20.1. The second-order valence-corrected chi connectivity index (χ2v) is 8.87. The predicted octanol–water partition coefficient (Wildman–Crippen LogP) is 3.96. The number of hydrogen-bond donors (Lipinski definition) is 2. The molecule has 0 rings (SSSR count). The molecule has 0 fully saturated rings. The molecular formula is C25H54ClNO. The van der Waals surface area contributed by atoms with Crippen molar-refractivity contribution in [1.29, 1.82) is 0 Å². The second-order valence-electron chi connectivity index (χ2n) is 8.87. The molecule has 0 aliphatic carbocycles. The third kappa shape index (κ3) is 18.3. The summed E-state index contributed by atoms with van der Waals surface area (Å²) in [5, 5.41) is 10.7. The fourth-order valence-corrected chi connectivity index (χ4v) is 4.46. The number of aliphatic hydroxyl groups excluding tert-OH is 1. The quantitative estimate of drug-likeness (QED) is 0.202. The van der Waals surface area contributed by atoms with Gasteiger partial charge in [-0.25, -0.2) is 0 Å². The molecule has 0 spiro atoms. The Kier molecular flexibility index (Phi) is 25.5. The van der Waals surface area contributed by atoms with Crippen molar-refractivity contribution < 1.29 is 22.8 Å². The number of aliphatic hydroxyl groups is 1. The number of hydrogen-bond acceptors (Lipinski definition) is 1. The Labute approximate surface area is 184 Å². The van der Waals surface area contributed by atoms with Crippen molar-refractivity contribution in [2.75, 3.05) is 13.3 Å². The molecular weight excluding hydrogens is 366 g/mol. The van der Waals surface area contributed by atoms with Crippen LogP contribution < -0.4 is 17.7 Å². The zero-order valence-electron chi connectivity index (χ0n) is 19.8. The molecule has 0 aromatic carbocycles. The Morgan fingerprint density at radius 3 is 1.18 bits per heavy atom. The van der Waals surface area contributed by atoms with Gasteiger partial charge >= 0.3 is 0 Å². The van der Waals surface area contributed by atoms with Gasteiger partial charge in [-0.05, 0) is 24.7 Å². The Morgan fingerprint density at radius 2 is 0.857 bits per heavy atom. The van der Waals surface area contributed by atoms with Crippen molar-refractivity contribution in [3.05, 3.63) is 0 Å². The van der Waals surface area contributed by atoms with E-state index in [9.17, 15) is 0 Å². The molecule has 0 radical (unpaired) electrons. The van der Waals surface area contributed by atoms with Crippen molar-refractivity contribution in [1.82, 2.24) is 0 Å². The number of rotatable bonds is 22. The highest BCUT2D eigenvalue weighted by molar-refractivity contribution is 4.74. The standard InChI is InChI=1S/C25H53NO.ClH/c1-4-25(5-2,6-3)22-20-18-16-14-12-10-8-7-9-11-13-15-17-19-21-23-26-24-27;/h26-27H,4-24H2,1-3H3;1H. The Morgan fingerprint density at radius 1 is 0.536 bits per heavy atom. The molecule has 0 unspecified atom stereocenters. The van der Waals surface area contributed by atoms with Crippen LogP contribution >= 0.6 is 0 Å². The van der Waals surface area contributed by atoms with Crippen LogP contribution in [-0.2, 0) is 0 Å². The summed E-state index contributed by atoms with van der Waals surface area (Å²) in [6, 6.07) is 0. The summed E-state index contributed by atoms with van der Waals surface area (Å²) in [5.41, 5.74) is 0.651. The first-order chi connectivity index (χ1) is 13.2. The lowest BCUT2D eigenvalue weighted by atomic mass is 9.75. The first-order valence-electron chi connectivity index (χ1n) is 12.7. The lowest BCUT2D eigenvalue weighted by Gasteiger charge is -2.30. The molecule has 0 atom stereocenters. The highest BCUT2D eigenvalue weighted by atomic mass is 35.5. The van der Waals surface area contributed by atoms with Crippen LogP contribution in [0.4, 0.5) is 0 Å². The van der Waals surface area contributed by atoms with Gasteiger partial charge in [-0.15, -0.1) is 0 Å². The van der Waals surface area contributed by atoms with E-state index in [1.807, 2.05) is 5.32 Å². The normalized spacial score (nSPS) is 11.6. The first kappa shape index (κ1) is 30.4. The number of unbranched alkanes of at least 4 members (excludes halogenated alkanes) is 14. The van der Waals surface area contributed by atoms with Crippen molar-refractivity contribution >= 4 is 0 Å². The van der Waals surface area contributed by atoms with Gasteiger partial charge in [-0.2, -0.15) is 0 Å². The van der Waals surface area contributed by atoms with E-state index in [2.05, 4.69) is 20.8 Å². The molecule has 3 N–H and O–H groups in total. The minimum Gasteiger partial charge on any atom is -1.00 e. The van der Waals surface area contributed by atoms with E-state index < -0.39 is 0 Å². The van der Waals surface area contributed by atoms with Gasteiger partial charge in [0.05, 0.1) is 6.54 Å². The zero-order valence-corrected chi connectivity index (χ0v) is 20.5. The lowest BCUT2D eigenvalue weighted by Crippen LogP contribution is -3.00. The molecule has 0 aliphatic heterocycles. The van der Waals surface area contributed by atoms with Crippen LogP contribution in [0.25, 0.3) is 0 Å². The molecule has 3 heteroatoms. The molecule has 0 amide bonds. The van der Waals surface area contributed by atoms with Crippen molar-refractivity contribution in [3.63, 3.8) is 0 Å². The van der Waals surface area contributed by atoms with Crippen LogP contribution in [0.3, 0.4) is 0 Å². The third-order valence-corrected chi connectivity index (χ3v) is 6.99. The first-order valence-corrected chi connectivity index (χ1v) is 12.7. The topological polar surface area (TPSA) is 36.8 Å². The molecule has 172 valence electrons. The maximum atomic E-state index is 8.69. The summed E-state index contributed by atoms with van der Waals surface area (Å²) in [7, 11) is 0. The second kappa shape index (κ2) is 23.5. The molecule has 0 aliphatic rings. The van der Waals surface area contributed by atoms with Gasteiger partial charge in [-0.3, -0.25) is 0 Å². The Bertz CT molecular complexity index is 273. The highest BCUT2D eigenvalue weighted by Gasteiger charge is 2.22. The van der Waals surface area contributed by atoms with E-state index in [0.29, 0.717) is 5.41 Å². The van der Waals surface area contributed by atoms with Gasteiger partial charge in [-0.1, -0.05) is 124 Å². The van der Waals surface area contributed by atoms with E-state index in [1.165, 1.54) is 122 Å². The molecule has 0 aromatic rings. The summed E-state index contributed by atoms with van der Waals surface area (Å²) in [6.07, 6.45) is 26.9. The maximum Gasteiger partial charge on any atom is 0.177 e. The maximum absolute atomic E-state index is 8.69. The van der Waals surface area contributed by atoms with Gasteiger partial charge in [0, 0.05) is 0 Å². The molecule has 2 nitrogen and oxygen atoms in total. The van der Waals surface area contributed by atoms with Gasteiger partial charge in [0.1, 0.15) is 0 Å². The highest BCUT2D eigenvalue weighted by Crippen LogP contribution is 2.36. The molecule has 0 heterocycles. The average Bonchev–Trinajstić information content (AvgIpc) is 2.70. The van der Waals surface area contributed by atoms with Gasteiger partial charge < -0.3 is 22.8 Å². The molecule has 0 saturated heterocycles. The summed E-state index contributed by atoms with van der Waals surface area (Å²) in [5.74, 6) is 0. The predicted molar refractivity (Wildman–Crippen MR) is 121 cm³/mol.